The summed E-state index contributed by atoms with van der Waals surface area (Å²) in [6.07, 6.45) is 1.40. The van der Waals surface area contributed by atoms with Crippen LogP contribution in [0.1, 0.15) is 44.4 Å². The van der Waals surface area contributed by atoms with Crippen LogP contribution in [0, 0.1) is 6.92 Å². The first-order valence-corrected chi connectivity index (χ1v) is 17.7. The average molecular weight is 722 g/mol. The summed E-state index contributed by atoms with van der Waals surface area (Å²) >= 11 is 13.1. The number of hydrogen-bond acceptors (Lipinski definition) is 8. The maximum atomic E-state index is 13.6. The number of nitrogens with two attached hydrogens (primary N) is 3. The molecule has 260 valence electrons. The van der Waals surface area contributed by atoms with Crippen LogP contribution < -0.4 is 26.7 Å². The lowest BCUT2D eigenvalue weighted by Crippen LogP contribution is -2.60. The molecule has 2 amide bonds. The summed E-state index contributed by atoms with van der Waals surface area (Å²) in [6, 6.07) is 11.7. The van der Waals surface area contributed by atoms with E-state index in [1.165, 1.54) is 30.9 Å². The number of rotatable bonds is 13. The monoisotopic (exact) mass is 720 g/mol. The molecule has 3 aromatic rings. The van der Waals surface area contributed by atoms with Crippen molar-refractivity contribution in [3.05, 3.63) is 63.8 Å². The molecule has 1 aromatic heterocycles. The molecule has 1 unspecified atom stereocenters. The van der Waals surface area contributed by atoms with E-state index in [0.717, 1.165) is 11.1 Å². The Morgan fingerprint density at radius 1 is 1.06 bits per heavy atom. The maximum absolute atomic E-state index is 13.6. The van der Waals surface area contributed by atoms with Gasteiger partial charge >= 0.3 is 0 Å². The number of aromatic nitrogens is 1. The number of nitrogens with one attached hydrogen (secondary N) is 1. The van der Waals surface area contributed by atoms with E-state index < -0.39 is 21.5 Å². The summed E-state index contributed by atoms with van der Waals surface area (Å²) in [5.41, 5.74) is 17.0. The Balaban J connectivity index is 1.38. The standard InChI is InChI=1S/C32H42Cl2N8O5S/c1-20-9-10-21-6-4-8-25(29(21)39-20)47-19-23-24(33)11-12-26(28(23)34)48(45,46)40-32(2,3)30(44)42-16-14-41(15-17-42)27(43)18-22(35)7-5-13-38-31(36)37/h4,6,8-12,22,40H,5,7,13-19,35H2,1-3H3,(H4,36,37,38). The number of ether oxygens (including phenoxy) is 1. The number of aryl methyl sites for hydroxylation is 1. The number of guanidine groups is 1. The molecule has 0 saturated carbocycles. The predicted octanol–water partition coefficient (Wildman–Crippen LogP) is 2.93. The first-order chi connectivity index (χ1) is 22.6. The van der Waals surface area contributed by atoms with Crippen LogP contribution in [-0.2, 0) is 26.2 Å². The van der Waals surface area contributed by atoms with E-state index in [1.54, 1.807) is 11.0 Å². The van der Waals surface area contributed by atoms with Crippen molar-refractivity contribution in [1.29, 1.82) is 0 Å². The number of pyridine rings is 1. The second kappa shape index (κ2) is 15.7. The summed E-state index contributed by atoms with van der Waals surface area (Å²) in [4.78, 5) is 37.8. The minimum absolute atomic E-state index is 0.0118. The SMILES string of the molecule is Cc1ccc2cccc(OCc3c(Cl)ccc(S(=O)(=O)NC(C)(C)C(=O)N4CCN(C(=O)CC(N)CCCN=C(N)N)CC4)c3Cl)c2n1. The van der Waals surface area contributed by atoms with Crippen molar-refractivity contribution in [3.8, 4) is 5.75 Å². The number of benzene rings is 2. The lowest BCUT2D eigenvalue weighted by molar-refractivity contribution is -0.142. The van der Waals surface area contributed by atoms with Crippen molar-refractivity contribution in [2.75, 3.05) is 32.7 Å². The number of sulfonamides is 1. The maximum Gasteiger partial charge on any atom is 0.243 e. The Hall–Kier alpha value is -3.69. The minimum Gasteiger partial charge on any atom is -0.487 e. The van der Waals surface area contributed by atoms with Crippen LogP contribution in [0.15, 0.2) is 52.4 Å². The Kier molecular flexibility index (Phi) is 12.1. The topological polar surface area (TPSA) is 199 Å². The summed E-state index contributed by atoms with van der Waals surface area (Å²) in [5, 5.41) is 0.981. The van der Waals surface area contributed by atoms with Gasteiger partial charge in [0.2, 0.25) is 21.8 Å². The Labute approximate surface area is 290 Å². The second-order valence-electron chi connectivity index (χ2n) is 12.2. The Morgan fingerprint density at radius 3 is 2.44 bits per heavy atom. The summed E-state index contributed by atoms with van der Waals surface area (Å²) < 4.78 is 35.8. The Bertz CT molecular complexity index is 1790. The van der Waals surface area contributed by atoms with Crippen LogP contribution in [0.3, 0.4) is 0 Å². The molecule has 7 N–H and O–H groups in total. The van der Waals surface area contributed by atoms with Crippen molar-refractivity contribution >= 4 is 61.9 Å². The van der Waals surface area contributed by atoms with Crippen LogP contribution in [0.25, 0.3) is 10.9 Å². The smallest absolute Gasteiger partial charge is 0.243 e. The molecule has 0 bridgehead atoms. The number of piperazine rings is 1. The van der Waals surface area contributed by atoms with Gasteiger partial charge in [-0.2, -0.15) is 4.72 Å². The lowest BCUT2D eigenvalue weighted by atomic mass is 10.0. The first-order valence-electron chi connectivity index (χ1n) is 15.5. The highest BCUT2D eigenvalue weighted by atomic mass is 35.5. The third kappa shape index (κ3) is 9.26. The highest BCUT2D eigenvalue weighted by Gasteiger charge is 2.39. The molecule has 2 aromatic carbocycles. The zero-order valence-electron chi connectivity index (χ0n) is 27.2. The molecule has 1 fully saturated rings. The van der Waals surface area contributed by atoms with E-state index in [4.69, 9.17) is 45.1 Å². The van der Waals surface area contributed by atoms with Gasteiger partial charge in [-0.3, -0.25) is 14.6 Å². The van der Waals surface area contributed by atoms with E-state index in [9.17, 15) is 18.0 Å². The number of aliphatic imine (C=N–C) groups is 1. The van der Waals surface area contributed by atoms with Gasteiger partial charge < -0.3 is 31.7 Å². The fourth-order valence-electron chi connectivity index (χ4n) is 5.41. The van der Waals surface area contributed by atoms with Gasteiger partial charge in [-0.25, -0.2) is 13.4 Å². The van der Waals surface area contributed by atoms with Gasteiger partial charge in [0.05, 0.1) is 5.02 Å². The fraction of sp³-hybridized carbons (Fsp3) is 0.438. The van der Waals surface area contributed by atoms with Crippen molar-refractivity contribution in [1.82, 2.24) is 19.5 Å². The second-order valence-corrected chi connectivity index (χ2v) is 14.7. The van der Waals surface area contributed by atoms with Crippen molar-refractivity contribution in [2.45, 2.75) is 63.1 Å². The van der Waals surface area contributed by atoms with E-state index >= 15 is 0 Å². The molecule has 0 aliphatic carbocycles. The van der Waals surface area contributed by atoms with E-state index in [2.05, 4.69) is 14.7 Å². The van der Waals surface area contributed by atoms with Gasteiger partial charge in [-0.05, 0) is 57.9 Å². The number of carbonyl (C=O) groups excluding carboxylic acids is 2. The number of halogens is 2. The highest BCUT2D eigenvalue weighted by Crippen LogP contribution is 2.34. The molecule has 48 heavy (non-hydrogen) atoms. The number of amides is 2. The van der Waals surface area contributed by atoms with Crippen molar-refractivity contribution < 1.29 is 22.7 Å². The molecule has 0 spiro atoms. The molecule has 1 atom stereocenters. The van der Waals surface area contributed by atoms with Gasteiger partial charge in [0.15, 0.2) is 5.96 Å². The van der Waals surface area contributed by atoms with Crippen LogP contribution in [0.5, 0.6) is 5.75 Å². The van der Waals surface area contributed by atoms with E-state index in [-0.39, 0.29) is 64.5 Å². The van der Waals surface area contributed by atoms with Gasteiger partial charge in [-0.15, -0.1) is 0 Å². The number of para-hydroxylation sites is 1. The zero-order chi connectivity index (χ0) is 35.2. The highest BCUT2D eigenvalue weighted by molar-refractivity contribution is 7.89. The normalized spacial score (nSPS) is 14.5. The molecule has 1 aliphatic heterocycles. The molecule has 1 aliphatic rings. The van der Waals surface area contributed by atoms with Gasteiger partial charge in [0.1, 0.15) is 28.3 Å². The summed E-state index contributed by atoms with van der Waals surface area (Å²) in [7, 11) is -4.30. The van der Waals surface area contributed by atoms with E-state index in [0.29, 0.717) is 43.7 Å². The van der Waals surface area contributed by atoms with E-state index in [1.807, 2.05) is 31.2 Å². The van der Waals surface area contributed by atoms with Crippen LogP contribution in [0.4, 0.5) is 0 Å². The zero-order valence-corrected chi connectivity index (χ0v) is 29.5. The molecular weight excluding hydrogens is 679 g/mol. The van der Waals surface area contributed by atoms with Crippen LogP contribution >= 0.6 is 23.2 Å². The summed E-state index contributed by atoms with van der Waals surface area (Å²) in [6.45, 7) is 6.22. The molecule has 16 heteroatoms. The fourth-order valence-corrected chi connectivity index (χ4v) is 7.67. The molecule has 4 rings (SSSR count). The molecule has 1 saturated heterocycles. The largest absolute Gasteiger partial charge is 0.487 e. The van der Waals surface area contributed by atoms with Crippen LogP contribution in [-0.4, -0.2) is 85.3 Å². The van der Waals surface area contributed by atoms with Gasteiger partial charge in [-0.1, -0.05) is 41.4 Å². The third-order valence-electron chi connectivity index (χ3n) is 7.94. The Morgan fingerprint density at radius 2 is 1.75 bits per heavy atom. The van der Waals surface area contributed by atoms with Gasteiger partial charge in [0, 0.05) is 66.9 Å². The number of fused-ring (bicyclic) bond motifs is 1. The predicted molar refractivity (Wildman–Crippen MR) is 187 cm³/mol. The quantitative estimate of drug-likeness (QED) is 0.116. The molecule has 2 heterocycles. The number of carbonyl (C=O) groups is 2. The van der Waals surface area contributed by atoms with Crippen molar-refractivity contribution in [3.63, 3.8) is 0 Å². The first kappa shape index (κ1) is 37.1. The van der Waals surface area contributed by atoms with Crippen molar-refractivity contribution in [2.24, 2.45) is 22.2 Å². The lowest BCUT2D eigenvalue weighted by Gasteiger charge is -2.39. The van der Waals surface area contributed by atoms with Crippen LogP contribution in [0.2, 0.25) is 10.0 Å². The average Bonchev–Trinajstić information content (AvgIpc) is 3.02. The number of nitrogens with zero attached hydrogens (tertiary/aromatic N) is 4. The summed E-state index contributed by atoms with van der Waals surface area (Å²) in [5.74, 6) is -0.0502. The third-order valence-corrected chi connectivity index (χ3v) is 10.5. The molecule has 13 nitrogen and oxygen atoms in total. The van der Waals surface area contributed by atoms with Gasteiger partial charge in [0.25, 0.3) is 0 Å². The molecule has 0 radical (unpaired) electrons. The number of hydrogen-bond donors (Lipinski definition) is 4. The minimum atomic E-state index is -4.30. The molecular formula is C32H42Cl2N8O5S.